The number of hydrogen-bond acceptors (Lipinski definition) is 5. The minimum absolute atomic E-state index is 0.236. The topological polar surface area (TPSA) is 87.0 Å². The summed E-state index contributed by atoms with van der Waals surface area (Å²) in [6, 6.07) is 16.6. The van der Waals surface area contributed by atoms with Gasteiger partial charge in [0.2, 0.25) is 0 Å². The number of carboxylic acids is 1. The van der Waals surface area contributed by atoms with Gasteiger partial charge in [-0.05, 0) is 62.4 Å². The van der Waals surface area contributed by atoms with Crippen LogP contribution in [-0.2, 0) is 4.79 Å². The Labute approximate surface area is 209 Å². The average molecular weight is 513 g/mol. The first kappa shape index (κ1) is 25.6. The molecular formula is C27H22F3NO6. The zero-order chi connectivity index (χ0) is 26.9. The van der Waals surface area contributed by atoms with E-state index in [0.29, 0.717) is 39.2 Å². The number of hydrogen-bond donors (Lipinski definition) is 1. The van der Waals surface area contributed by atoms with Gasteiger partial charge in [0.15, 0.2) is 11.9 Å². The van der Waals surface area contributed by atoms with Gasteiger partial charge in [0, 0.05) is 34.5 Å². The molecule has 1 N–H and O–H groups in total. The number of carbonyl (C=O) groups excluding carboxylic acids is 1. The molecule has 1 aromatic heterocycles. The van der Waals surface area contributed by atoms with E-state index in [2.05, 4.69) is 4.74 Å². The average Bonchev–Trinajstić information content (AvgIpc) is 3.13. The molecule has 1 heterocycles. The number of carbonyl (C=O) groups is 2. The van der Waals surface area contributed by atoms with Crippen molar-refractivity contribution >= 4 is 22.7 Å². The molecule has 10 heteroatoms. The third kappa shape index (κ3) is 5.37. The first-order valence-electron chi connectivity index (χ1n) is 11.1. The number of ketones is 1. The molecule has 37 heavy (non-hydrogen) atoms. The van der Waals surface area contributed by atoms with Crippen LogP contribution < -0.4 is 14.2 Å². The maximum Gasteiger partial charge on any atom is 0.573 e. The summed E-state index contributed by atoms with van der Waals surface area (Å²) < 4.78 is 55.2. The molecule has 1 atom stereocenters. The summed E-state index contributed by atoms with van der Waals surface area (Å²) in [5.74, 6) is -1.14. The lowest BCUT2D eigenvalue weighted by atomic mass is 10.0. The first-order chi connectivity index (χ1) is 17.5. The zero-order valence-corrected chi connectivity index (χ0v) is 20.0. The van der Waals surface area contributed by atoms with E-state index in [1.165, 1.54) is 26.2 Å². The molecule has 0 radical (unpaired) electrons. The standard InChI is InChI=1S/C27H22F3NO6/c1-15-24(25(32)17-7-9-19(35-3)10-8-17)22-12-11-21(37-27(28,29)30)14-23(22)31(15)18-5-4-6-20(13-18)36-16(2)26(33)34/h4-14,16H,1-3H3,(H,33,34). The lowest BCUT2D eigenvalue weighted by Crippen LogP contribution is -2.22. The Morgan fingerprint density at radius 1 is 0.946 bits per heavy atom. The number of alkyl halides is 3. The number of aromatic nitrogens is 1. The Kier molecular flexibility index (Phi) is 6.84. The van der Waals surface area contributed by atoms with Gasteiger partial charge in [-0.3, -0.25) is 4.79 Å². The van der Waals surface area contributed by atoms with Crippen molar-refractivity contribution in [2.24, 2.45) is 0 Å². The van der Waals surface area contributed by atoms with Crippen LogP contribution in [0.15, 0.2) is 66.7 Å². The van der Waals surface area contributed by atoms with E-state index in [4.69, 9.17) is 14.6 Å². The molecule has 0 aliphatic heterocycles. The molecule has 0 bridgehead atoms. The van der Waals surface area contributed by atoms with Crippen molar-refractivity contribution in [3.63, 3.8) is 0 Å². The Bertz CT molecular complexity index is 1470. The number of ether oxygens (including phenoxy) is 3. The summed E-state index contributed by atoms with van der Waals surface area (Å²) in [6.45, 7) is 3.05. The molecule has 4 aromatic rings. The van der Waals surface area contributed by atoms with Gasteiger partial charge >= 0.3 is 12.3 Å². The molecule has 0 amide bonds. The van der Waals surface area contributed by atoms with E-state index in [1.54, 1.807) is 60.0 Å². The smallest absolute Gasteiger partial charge is 0.497 e. The van der Waals surface area contributed by atoms with Crippen LogP contribution in [0.1, 0.15) is 28.5 Å². The monoisotopic (exact) mass is 513 g/mol. The van der Waals surface area contributed by atoms with Crippen molar-refractivity contribution in [1.29, 1.82) is 0 Å². The summed E-state index contributed by atoms with van der Waals surface area (Å²) in [6.07, 6.45) is -6.03. The van der Waals surface area contributed by atoms with Crippen molar-refractivity contribution in [3.05, 3.63) is 83.6 Å². The van der Waals surface area contributed by atoms with E-state index in [0.717, 1.165) is 6.07 Å². The van der Waals surface area contributed by atoms with Crippen LogP contribution in [0.25, 0.3) is 16.6 Å². The molecule has 7 nitrogen and oxygen atoms in total. The molecule has 3 aromatic carbocycles. The summed E-state index contributed by atoms with van der Waals surface area (Å²) in [7, 11) is 1.50. The molecule has 0 saturated heterocycles. The lowest BCUT2D eigenvalue weighted by molar-refractivity contribution is -0.274. The van der Waals surface area contributed by atoms with Gasteiger partial charge in [-0.15, -0.1) is 13.2 Å². The van der Waals surface area contributed by atoms with E-state index in [1.807, 2.05) is 0 Å². The fourth-order valence-electron chi connectivity index (χ4n) is 4.05. The number of methoxy groups -OCH3 is 1. The summed E-state index contributed by atoms with van der Waals surface area (Å²) >= 11 is 0. The van der Waals surface area contributed by atoms with Crippen LogP contribution in [0.4, 0.5) is 13.2 Å². The van der Waals surface area contributed by atoms with E-state index < -0.39 is 24.2 Å². The van der Waals surface area contributed by atoms with E-state index in [-0.39, 0.29) is 11.5 Å². The fourth-order valence-corrected chi connectivity index (χ4v) is 4.05. The molecule has 4 rings (SSSR count). The molecule has 0 aliphatic rings. The third-order valence-electron chi connectivity index (χ3n) is 5.73. The van der Waals surface area contributed by atoms with Gasteiger partial charge < -0.3 is 23.9 Å². The Balaban J connectivity index is 1.90. The number of halogens is 3. The van der Waals surface area contributed by atoms with Crippen LogP contribution in [0.5, 0.6) is 17.2 Å². The molecular weight excluding hydrogens is 491 g/mol. The Hall–Kier alpha value is -4.47. The second-order valence-corrected chi connectivity index (χ2v) is 8.18. The first-order valence-corrected chi connectivity index (χ1v) is 11.1. The largest absolute Gasteiger partial charge is 0.573 e. The van der Waals surface area contributed by atoms with Crippen molar-refractivity contribution in [1.82, 2.24) is 4.57 Å². The highest BCUT2D eigenvalue weighted by Crippen LogP contribution is 2.35. The van der Waals surface area contributed by atoms with Crippen molar-refractivity contribution in [2.75, 3.05) is 7.11 Å². The van der Waals surface area contributed by atoms with Crippen LogP contribution in [0.3, 0.4) is 0 Å². The Morgan fingerprint density at radius 2 is 1.62 bits per heavy atom. The number of aliphatic carboxylic acids is 1. The number of carboxylic acid groups (broad SMARTS) is 1. The highest BCUT2D eigenvalue weighted by atomic mass is 19.4. The van der Waals surface area contributed by atoms with E-state index >= 15 is 0 Å². The van der Waals surface area contributed by atoms with Gasteiger partial charge in [-0.2, -0.15) is 0 Å². The Morgan fingerprint density at radius 3 is 2.24 bits per heavy atom. The molecule has 192 valence electrons. The highest BCUT2D eigenvalue weighted by molar-refractivity contribution is 6.18. The number of benzene rings is 3. The van der Waals surface area contributed by atoms with Crippen molar-refractivity contribution in [3.8, 4) is 22.9 Å². The van der Waals surface area contributed by atoms with Crippen LogP contribution in [-0.4, -0.2) is 41.0 Å². The zero-order valence-electron chi connectivity index (χ0n) is 20.0. The SMILES string of the molecule is COc1ccc(C(=O)c2c(C)n(-c3cccc(OC(C)C(=O)O)c3)c3cc(OC(F)(F)F)ccc23)cc1. The van der Waals surface area contributed by atoms with Gasteiger partial charge in [0.25, 0.3) is 0 Å². The van der Waals surface area contributed by atoms with Crippen molar-refractivity contribution < 1.29 is 42.1 Å². The van der Waals surface area contributed by atoms with E-state index in [9.17, 15) is 22.8 Å². The predicted octanol–water partition coefficient (Wildman–Crippen LogP) is 5.93. The predicted molar refractivity (Wildman–Crippen MR) is 129 cm³/mol. The number of fused-ring (bicyclic) bond motifs is 1. The normalized spacial score (nSPS) is 12.3. The molecule has 0 fully saturated rings. The molecule has 0 spiro atoms. The van der Waals surface area contributed by atoms with Crippen LogP contribution >= 0.6 is 0 Å². The van der Waals surface area contributed by atoms with Gasteiger partial charge in [0.05, 0.1) is 18.2 Å². The third-order valence-corrected chi connectivity index (χ3v) is 5.73. The van der Waals surface area contributed by atoms with Crippen LogP contribution in [0, 0.1) is 6.92 Å². The van der Waals surface area contributed by atoms with Gasteiger partial charge in [-0.1, -0.05) is 6.07 Å². The maximum absolute atomic E-state index is 13.6. The molecule has 1 unspecified atom stereocenters. The van der Waals surface area contributed by atoms with Gasteiger partial charge in [-0.25, -0.2) is 4.79 Å². The maximum atomic E-state index is 13.6. The fraction of sp³-hybridized carbons (Fsp3) is 0.185. The van der Waals surface area contributed by atoms with Crippen LogP contribution in [0.2, 0.25) is 0 Å². The summed E-state index contributed by atoms with van der Waals surface area (Å²) in [4.78, 5) is 24.8. The quantitative estimate of drug-likeness (QED) is 0.294. The lowest BCUT2D eigenvalue weighted by Gasteiger charge is -2.14. The molecule has 0 aliphatic carbocycles. The minimum Gasteiger partial charge on any atom is -0.497 e. The minimum atomic E-state index is -4.90. The second-order valence-electron chi connectivity index (χ2n) is 8.18. The number of rotatable bonds is 8. The van der Waals surface area contributed by atoms with Gasteiger partial charge in [0.1, 0.15) is 17.2 Å². The second kappa shape index (κ2) is 9.88. The highest BCUT2D eigenvalue weighted by Gasteiger charge is 2.32. The molecule has 0 saturated carbocycles. The number of nitrogens with zero attached hydrogens (tertiary/aromatic N) is 1. The summed E-state index contributed by atoms with van der Waals surface area (Å²) in [5.41, 5.74) is 1.87. The summed E-state index contributed by atoms with van der Waals surface area (Å²) in [5, 5.41) is 9.58. The van der Waals surface area contributed by atoms with Crippen molar-refractivity contribution in [2.45, 2.75) is 26.3 Å².